The van der Waals surface area contributed by atoms with Crippen LogP contribution in [0, 0.1) is 11.8 Å². The molecule has 7 aromatic rings. The van der Waals surface area contributed by atoms with E-state index in [1.807, 2.05) is 41.8 Å². The van der Waals surface area contributed by atoms with Crippen molar-refractivity contribution in [3.05, 3.63) is 108 Å². The number of carbonyl (C=O) groups excluding carboxylic acids is 4. The first-order chi connectivity index (χ1) is 33.6. The van der Waals surface area contributed by atoms with Gasteiger partial charge < -0.3 is 39.9 Å². The van der Waals surface area contributed by atoms with E-state index in [0.717, 1.165) is 104 Å². The molecular formula is C55H60N8O6. The number of ether oxygens (including phenoxy) is 2. The fourth-order valence-electron chi connectivity index (χ4n) is 12.2. The van der Waals surface area contributed by atoms with Crippen LogP contribution >= 0.6 is 0 Å². The van der Waals surface area contributed by atoms with Crippen molar-refractivity contribution >= 4 is 67.6 Å². The zero-order chi connectivity index (χ0) is 47.5. The van der Waals surface area contributed by atoms with E-state index in [9.17, 15) is 19.2 Å². The van der Waals surface area contributed by atoms with Crippen LogP contribution in [0.2, 0.25) is 0 Å². The number of alkyl carbamates (subject to hydrolysis) is 2. The van der Waals surface area contributed by atoms with Crippen LogP contribution in [0.15, 0.2) is 84.9 Å². The average molecular weight is 929 g/mol. The van der Waals surface area contributed by atoms with Gasteiger partial charge in [-0.15, -0.1) is 0 Å². The van der Waals surface area contributed by atoms with Crippen molar-refractivity contribution in [2.45, 2.75) is 114 Å². The predicted octanol–water partition coefficient (Wildman–Crippen LogP) is 10.7. The second kappa shape index (κ2) is 18.2. The molecule has 69 heavy (non-hydrogen) atoms. The summed E-state index contributed by atoms with van der Waals surface area (Å²) in [4.78, 5) is 74.8. The van der Waals surface area contributed by atoms with Crippen LogP contribution in [0.3, 0.4) is 0 Å². The molecule has 14 heteroatoms. The number of H-pyrrole nitrogens is 2. The molecule has 2 bridgehead atoms. The average Bonchev–Trinajstić information content (AvgIpc) is 4.25. The summed E-state index contributed by atoms with van der Waals surface area (Å²) in [5.41, 5.74) is 7.74. The van der Waals surface area contributed by atoms with Gasteiger partial charge in [0.2, 0.25) is 5.91 Å². The number of methoxy groups -OCH3 is 2. The number of likely N-dealkylation sites (tertiary alicyclic amines) is 2. The predicted molar refractivity (Wildman–Crippen MR) is 265 cm³/mol. The Morgan fingerprint density at radius 3 is 1.93 bits per heavy atom. The quantitative estimate of drug-likeness (QED) is 0.105. The van der Waals surface area contributed by atoms with Crippen LogP contribution in [0.4, 0.5) is 9.59 Å². The minimum Gasteiger partial charge on any atom is -0.453 e. The SMILES string of the molecule is COC(=O)N[C@H](C(=O)N1CCC[C@H]1c1nc2ccc3cc(-c4ccc5c(ccc6nc([C@@H]7[C@@H]8CC[C@@H](C8)N7C(=O)[C@H](NC(=O)OC)c7ccc(C8CCCCC8)cc7)[nH]c65)c4)ccc3c2[nH]1)C(C)C. The highest BCUT2D eigenvalue weighted by molar-refractivity contribution is 6.07. The minimum absolute atomic E-state index is 0.0611. The molecule has 4 heterocycles. The Hall–Kier alpha value is -6.96. The number of fused-ring (bicyclic) bond motifs is 8. The van der Waals surface area contributed by atoms with Gasteiger partial charge in [0.05, 0.1) is 48.4 Å². The summed E-state index contributed by atoms with van der Waals surface area (Å²) in [6, 6.07) is 27.6. The summed E-state index contributed by atoms with van der Waals surface area (Å²) in [7, 11) is 2.63. The van der Waals surface area contributed by atoms with Gasteiger partial charge in [-0.05, 0) is 120 Å². The first kappa shape index (κ1) is 44.5. The lowest BCUT2D eigenvalue weighted by Gasteiger charge is -2.36. The molecule has 2 aliphatic carbocycles. The van der Waals surface area contributed by atoms with Gasteiger partial charge in [0.15, 0.2) is 0 Å². The van der Waals surface area contributed by atoms with Crippen molar-refractivity contribution in [2.24, 2.45) is 11.8 Å². The fraction of sp³-hybridized carbons (Fsp3) is 0.418. The molecule has 4 amide bonds. The molecule has 2 saturated heterocycles. The van der Waals surface area contributed by atoms with Crippen LogP contribution in [0.1, 0.15) is 125 Å². The number of piperidine rings is 1. The van der Waals surface area contributed by atoms with Gasteiger partial charge in [-0.25, -0.2) is 19.6 Å². The summed E-state index contributed by atoms with van der Waals surface area (Å²) < 4.78 is 9.86. The molecule has 4 fully saturated rings. The third kappa shape index (κ3) is 8.10. The molecule has 4 N–H and O–H groups in total. The maximum Gasteiger partial charge on any atom is 0.407 e. The summed E-state index contributed by atoms with van der Waals surface area (Å²) in [5, 5.41) is 9.85. The third-order valence-electron chi connectivity index (χ3n) is 15.7. The highest BCUT2D eigenvalue weighted by Crippen LogP contribution is 2.51. The molecule has 11 rings (SSSR count). The van der Waals surface area contributed by atoms with Crippen molar-refractivity contribution < 1.29 is 28.7 Å². The van der Waals surface area contributed by atoms with Crippen LogP contribution in [-0.4, -0.2) is 86.6 Å². The van der Waals surface area contributed by atoms with E-state index in [1.54, 1.807) is 0 Å². The summed E-state index contributed by atoms with van der Waals surface area (Å²) >= 11 is 0. The molecule has 0 radical (unpaired) electrons. The molecule has 0 spiro atoms. The molecule has 2 saturated carbocycles. The summed E-state index contributed by atoms with van der Waals surface area (Å²) in [6.45, 7) is 4.42. The first-order valence-electron chi connectivity index (χ1n) is 24.8. The van der Waals surface area contributed by atoms with E-state index in [2.05, 4.69) is 87.3 Å². The zero-order valence-corrected chi connectivity index (χ0v) is 39.7. The molecule has 0 unspecified atom stereocenters. The van der Waals surface area contributed by atoms with E-state index < -0.39 is 24.3 Å². The number of hydrogen-bond donors (Lipinski definition) is 4. The van der Waals surface area contributed by atoms with Crippen LogP contribution in [0.25, 0.3) is 54.7 Å². The second-order valence-corrected chi connectivity index (χ2v) is 20.1. The molecule has 2 aromatic heterocycles. The smallest absolute Gasteiger partial charge is 0.407 e. The molecule has 14 nitrogen and oxygen atoms in total. The van der Waals surface area contributed by atoms with E-state index in [-0.39, 0.29) is 41.8 Å². The largest absolute Gasteiger partial charge is 0.453 e. The molecule has 2 aliphatic heterocycles. The van der Waals surface area contributed by atoms with E-state index in [1.165, 1.54) is 51.9 Å². The third-order valence-corrected chi connectivity index (χ3v) is 15.7. The number of benzene rings is 5. The Morgan fingerprint density at radius 1 is 0.667 bits per heavy atom. The van der Waals surface area contributed by atoms with Crippen LogP contribution in [0.5, 0.6) is 0 Å². The number of imidazole rings is 2. The molecule has 6 atom stereocenters. The monoisotopic (exact) mass is 928 g/mol. The zero-order valence-electron chi connectivity index (χ0n) is 39.7. The summed E-state index contributed by atoms with van der Waals surface area (Å²) in [5.74, 6) is 1.92. The number of nitrogens with one attached hydrogen (secondary N) is 4. The van der Waals surface area contributed by atoms with Crippen molar-refractivity contribution in [1.29, 1.82) is 0 Å². The van der Waals surface area contributed by atoms with Crippen molar-refractivity contribution in [3.63, 3.8) is 0 Å². The van der Waals surface area contributed by atoms with Crippen molar-refractivity contribution in [1.82, 2.24) is 40.4 Å². The second-order valence-electron chi connectivity index (χ2n) is 20.1. The van der Waals surface area contributed by atoms with Crippen LogP contribution in [-0.2, 0) is 19.1 Å². The van der Waals surface area contributed by atoms with E-state index in [4.69, 9.17) is 19.4 Å². The molecule has 4 aliphatic rings. The number of hydrogen-bond acceptors (Lipinski definition) is 8. The maximum absolute atomic E-state index is 14.8. The molecular weight excluding hydrogens is 869 g/mol. The lowest BCUT2D eigenvalue weighted by atomic mass is 9.83. The number of nitrogens with zero attached hydrogens (tertiary/aromatic N) is 4. The van der Waals surface area contributed by atoms with Gasteiger partial charge >= 0.3 is 12.2 Å². The summed E-state index contributed by atoms with van der Waals surface area (Å²) in [6.07, 6.45) is 9.34. The van der Waals surface area contributed by atoms with E-state index >= 15 is 0 Å². The number of carbonyl (C=O) groups is 4. The minimum atomic E-state index is -0.886. The van der Waals surface area contributed by atoms with Gasteiger partial charge in [-0.2, -0.15) is 0 Å². The Kier molecular flexibility index (Phi) is 11.7. The molecule has 356 valence electrons. The number of amides is 4. The number of aromatic amines is 2. The van der Waals surface area contributed by atoms with Gasteiger partial charge in [-0.3, -0.25) is 9.59 Å². The fourth-order valence-corrected chi connectivity index (χ4v) is 12.2. The number of rotatable bonds is 10. The van der Waals surface area contributed by atoms with Crippen molar-refractivity contribution in [3.8, 4) is 11.1 Å². The number of aromatic nitrogens is 4. The van der Waals surface area contributed by atoms with Crippen LogP contribution < -0.4 is 10.6 Å². The van der Waals surface area contributed by atoms with Gasteiger partial charge in [-0.1, -0.05) is 93.8 Å². The highest BCUT2D eigenvalue weighted by Gasteiger charge is 2.51. The highest BCUT2D eigenvalue weighted by atomic mass is 16.5. The first-order valence-corrected chi connectivity index (χ1v) is 24.8. The maximum atomic E-state index is 14.8. The lowest BCUT2D eigenvalue weighted by molar-refractivity contribution is -0.138. The topological polar surface area (TPSA) is 175 Å². The Balaban J connectivity index is 0.855. The Labute approximate surface area is 400 Å². The van der Waals surface area contributed by atoms with Gasteiger partial charge in [0, 0.05) is 23.4 Å². The Morgan fingerprint density at radius 2 is 1.29 bits per heavy atom. The normalized spacial score (nSPS) is 21.4. The van der Waals surface area contributed by atoms with Crippen molar-refractivity contribution in [2.75, 3.05) is 20.8 Å². The van der Waals surface area contributed by atoms with Gasteiger partial charge in [0.25, 0.3) is 5.91 Å². The standard InChI is InChI=1S/C55H60N8O6/c1-30(2)45(60-54(66)68-3)52(64)62-26-8-11-44(62)50-56-42-24-19-36-27-34(17-22-40(36)47(42)58-50)35-18-23-41-37(28-35)20-25-43-48(41)59-51(57-43)49-38-16-21-39(29-38)63(49)53(65)46(61-55(67)69-4)33-14-12-32(13-15-33)31-9-6-5-7-10-31/h12-15,17-20,22-25,27-28,30-31,38-39,44-46,49H,5-11,16,21,26,29H2,1-4H3,(H,56,58)(H,57,59)(H,60,66)(H,61,67)/t38-,39+,44+,45+,46-,49+/m1/s1. The Bertz CT molecular complexity index is 3120. The lowest BCUT2D eigenvalue weighted by Crippen LogP contribution is -2.51. The van der Waals surface area contributed by atoms with Gasteiger partial charge in [0.1, 0.15) is 23.7 Å². The van der Waals surface area contributed by atoms with E-state index in [0.29, 0.717) is 12.5 Å². The molecule has 5 aromatic carbocycles.